The van der Waals surface area contributed by atoms with Gasteiger partial charge >= 0.3 is 163 Å². The van der Waals surface area contributed by atoms with E-state index in [1.807, 2.05) is 54.6 Å². The van der Waals surface area contributed by atoms with Crippen LogP contribution in [0, 0.1) is 0 Å². The molecule has 3 aromatic carbocycles. The van der Waals surface area contributed by atoms with Gasteiger partial charge in [0.25, 0.3) is 0 Å². The first-order valence-corrected chi connectivity index (χ1v) is 11.2. The topological polar surface area (TPSA) is 17.1 Å². The fraction of sp³-hybridized carbons (Fsp3) is 0.208. The molecule has 0 aliphatic carbocycles. The first kappa shape index (κ1) is 18.6. The number of benzene rings is 3. The van der Waals surface area contributed by atoms with Crippen LogP contribution in [0.4, 0.5) is 0 Å². The minimum absolute atomic E-state index is 0.0580. The molecule has 0 spiro atoms. The van der Waals surface area contributed by atoms with Gasteiger partial charge in [-0.15, -0.1) is 0 Å². The Morgan fingerprint density at radius 1 is 0.731 bits per heavy atom. The van der Waals surface area contributed by atoms with Gasteiger partial charge in [-0.1, -0.05) is 0 Å². The number of hydrogen-bond acceptors (Lipinski definition) is 1. The van der Waals surface area contributed by atoms with Crippen LogP contribution >= 0.6 is 0 Å². The van der Waals surface area contributed by atoms with Crippen molar-refractivity contribution in [2.24, 2.45) is 0 Å². The molecule has 0 saturated heterocycles. The standard InChI is InChI=1S/C24H24OSe/c1-2-3-19-26-23(25)24(20-13-7-4-8-14-20,21-15-9-5-10-16-21)22-17-11-6-12-18-22/h4-18H,2-3,19H2,1H3. The van der Waals surface area contributed by atoms with E-state index in [0.717, 1.165) is 34.9 Å². The average Bonchev–Trinajstić information content (AvgIpc) is 2.71. The zero-order valence-corrected chi connectivity index (χ0v) is 16.8. The van der Waals surface area contributed by atoms with Crippen LogP contribution in [0.25, 0.3) is 0 Å². The molecule has 0 amide bonds. The summed E-state index contributed by atoms with van der Waals surface area (Å²) >= 11 is -0.0580. The van der Waals surface area contributed by atoms with E-state index in [9.17, 15) is 4.79 Å². The molecular weight excluding hydrogens is 383 g/mol. The Bertz CT molecular complexity index is 716. The summed E-state index contributed by atoms with van der Waals surface area (Å²) in [5.74, 6) is 0. The van der Waals surface area contributed by atoms with E-state index in [2.05, 4.69) is 43.3 Å². The van der Waals surface area contributed by atoms with E-state index in [4.69, 9.17) is 0 Å². The third kappa shape index (κ3) is 3.67. The van der Waals surface area contributed by atoms with E-state index >= 15 is 0 Å². The SMILES string of the molecule is CCCC[Se]C(=O)C(c1ccccc1)(c1ccccc1)c1ccccc1. The van der Waals surface area contributed by atoms with Gasteiger partial charge in [0, 0.05) is 0 Å². The molecule has 0 bridgehead atoms. The molecule has 0 atom stereocenters. The molecule has 3 aromatic rings. The molecular formula is C24H24OSe. The predicted molar refractivity (Wildman–Crippen MR) is 110 cm³/mol. The Morgan fingerprint density at radius 2 is 1.12 bits per heavy atom. The Kier molecular flexibility index (Phi) is 6.44. The second kappa shape index (κ2) is 8.98. The third-order valence-electron chi connectivity index (χ3n) is 4.66. The van der Waals surface area contributed by atoms with Crippen molar-refractivity contribution >= 4 is 19.6 Å². The van der Waals surface area contributed by atoms with Gasteiger partial charge in [-0.05, 0) is 0 Å². The molecule has 0 unspecified atom stereocenters. The van der Waals surface area contributed by atoms with Crippen molar-refractivity contribution in [3.8, 4) is 0 Å². The first-order chi connectivity index (χ1) is 12.8. The van der Waals surface area contributed by atoms with Crippen molar-refractivity contribution < 1.29 is 4.79 Å². The zero-order chi connectivity index (χ0) is 18.2. The Balaban J connectivity index is 2.23. The summed E-state index contributed by atoms with van der Waals surface area (Å²) in [5, 5.41) is 0.997. The molecule has 2 heteroatoms. The fourth-order valence-electron chi connectivity index (χ4n) is 3.34. The molecule has 26 heavy (non-hydrogen) atoms. The van der Waals surface area contributed by atoms with Crippen molar-refractivity contribution in [2.45, 2.75) is 30.5 Å². The molecule has 0 aliphatic rings. The Morgan fingerprint density at radius 3 is 1.46 bits per heavy atom. The van der Waals surface area contributed by atoms with Crippen molar-refractivity contribution in [1.82, 2.24) is 0 Å². The van der Waals surface area contributed by atoms with E-state index in [1.165, 1.54) is 0 Å². The van der Waals surface area contributed by atoms with E-state index < -0.39 is 5.41 Å². The van der Waals surface area contributed by atoms with E-state index in [0.29, 0.717) is 4.68 Å². The van der Waals surface area contributed by atoms with Crippen LogP contribution in [-0.4, -0.2) is 19.6 Å². The van der Waals surface area contributed by atoms with Crippen LogP contribution in [0.3, 0.4) is 0 Å². The molecule has 0 heterocycles. The summed E-state index contributed by atoms with van der Waals surface area (Å²) in [7, 11) is 0. The van der Waals surface area contributed by atoms with Gasteiger partial charge in [0.05, 0.1) is 0 Å². The van der Waals surface area contributed by atoms with E-state index in [1.54, 1.807) is 0 Å². The molecule has 0 aliphatic heterocycles. The Hall–Kier alpha value is -2.15. The number of hydrogen-bond donors (Lipinski definition) is 0. The summed E-state index contributed by atoms with van der Waals surface area (Å²) in [6.07, 6.45) is 2.24. The molecule has 132 valence electrons. The molecule has 0 radical (unpaired) electrons. The van der Waals surface area contributed by atoms with Crippen LogP contribution in [0.5, 0.6) is 0 Å². The number of unbranched alkanes of at least 4 members (excludes halogenated alkanes) is 1. The second-order valence-corrected chi connectivity index (χ2v) is 8.58. The summed E-state index contributed by atoms with van der Waals surface area (Å²) < 4.78 is 0.335. The molecule has 0 saturated carbocycles. The number of rotatable bonds is 8. The van der Waals surface area contributed by atoms with Gasteiger partial charge in [-0.2, -0.15) is 0 Å². The summed E-state index contributed by atoms with van der Waals surface area (Å²) in [6.45, 7) is 2.18. The van der Waals surface area contributed by atoms with Crippen molar-refractivity contribution in [2.75, 3.05) is 0 Å². The second-order valence-electron chi connectivity index (χ2n) is 6.34. The zero-order valence-electron chi connectivity index (χ0n) is 15.1. The van der Waals surface area contributed by atoms with Crippen LogP contribution in [0.2, 0.25) is 5.32 Å². The molecule has 3 rings (SSSR count). The van der Waals surface area contributed by atoms with Crippen LogP contribution in [0.15, 0.2) is 91.0 Å². The van der Waals surface area contributed by atoms with Gasteiger partial charge in [-0.25, -0.2) is 0 Å². The van der Waals surface area contributed by atoms with E-state index in [-0.39, 0.29) is 15.0 Å². The third-order valence-corrected chi connectivity index (χ3v) is 6.88. The average molecular weight is 407 g/mol. The van der Waals surface area contributed by atoms with Gasteiger partial charge < -0.3 is 0 Å². The van der Waals surface area contributed by atoms with Gasteiger partial charge in [0.2, 0.25) is 0 Å². The number of carbonyl (C=O) groups excluding carboxylic acids is 1. The van der Waals surface area contributed by atoms with Crippen LogP contribution in [0.1, 0.15) is 36.5 Å². The van der Waals surface area contributed by atoms with Gasteiger partial charge in [-0.3, -0.25) is 0 Å². The van der Waals surface area contributed by atoms with Crippen LogP contribution < -0.4 is 0 Å². The fourth-order valence-corrected chi connectivity index (χ4v) is 5.83. The normalized spacial score (nSPS) is 11.3. The Labute approximate surface area is 162 Å². The monoisotopic (exact) mass is 408 g/mol. The maximum atomic E-state index is 13.8. The molecule has 0 aromatic heterocycles. The molecule has 0 N–H and O–H groups in total. The maximum absolute atomic E-state index is 13.8. The first-order valence-electron chi connectivity index (χ1n) is 9.14. The summed E-state index contributed by atoms with van der Waals surface area (Å²) in [6, 6.07) is 30.8. The minimum atomic E-state index is -0.725. The van der Waals surface area contributed by atoms with Gasteiger partial charge in [0.1, 0.15) is 0 Å². The quantitative estimate of drug-likeness (QED) is 0.275. The van der Waals surface area contributed by atoms with Gasteiger partial charge in [0.15, 0.2) is 0 Å². The van der Waals surface area contributed by atoms with Crippen molar-refractivity contribution in [1.29, 1.82) is 0 Å². The number of carbonyl (C=O) groups is 1. The van der Waals surface area contributed by atoms with Crippen molar-refractivity contribution in [3.63, 3.8) is 0 Å². The predicted octanol–water partition coefficient (Wildman–Crippen LogP) is 5.47. The molecule has 1 nitrogen and oxygen atoms in total. The molecule has 0 fully saturated rings. The van der Waals surface area contributed by atoms with Crippen molar-refractivity contribution in [3.05, 3.63) is 108 Å². The summed E-state index contributed by atoms with van der Waals surface area (Å²) in [5.41, 5.74) is 2.44. The van der Waals surface area contributed by atoms with Crippen LogP contribution in [-0.2, 0) is 10.2 Å². The summed E-state index contributed by atoms with van der Waals surface area (Å²) in [4.78, 5) is 13.8.